The predicted molar refractivity (Wildman–Crippen MR) is 81.8 cm³/mol. The molecule has 8 heteroatoms. The molecule has 0 aliphatic rings. The standard InChI is InChI=1S/C15H16ClF2N3O2/c1-3-21-12(11(16)8-19-21)9-20(2)14(22)10-6-4-5-7-13(10)23-15(17)18/h4-8,15H,3,9H2,1-2H3. The lowest BCUT2D eigenvalue weighted by Gasteiger charge is -2.19. The molecule has 0 N–H and O–H groups in total. The van der Waals surface area contributed by atoms with Gasteiger partial charge in [0, 0.05) is 13.6 Å². The number of nitrogens with zero attached hydrogens (tertiary/aromatic N) is 3. The predicted octanol–water partition coefficient (Wildman–Crippen LogP) is 3.43. The van der Waals surface area contributed by atoms with Gasteiger partial charge in [0.2, 0.25) is 0 Å². The molecule has 23 heavy (non-hydrogen) atoms. The lowest BCUT2D eigenvalue weighted by atomic mass is 10.1. The van der Waals surface area contributed by atoms with Crippen molar-refractivity contribution in [1.82, 2.24) is 14.7 Å². The quantitative estimate of drug-likeness (QED) is 0.807. The number of aromatic nitrogens is 2. The first-order valence-corrected chi connectivity index (χ1v) is 7.31. The molecule has 0 fully saturated rings. The molecular weight excluding hydrogens is 328 g/mol. The highest BCUT2D eigenvalue weighted by Gasteiger charge is 2.20. The van der Waals surface area contributed by atoms with E-state index in [0.29, 0.717) is 17.3 Å². The number of rotatable bonds is 6. The van der Waals surface area contributed by atoms with Crippen LogP contribution in [0.15, 0.2) is 30.5 Å². The Kier molecular flexibility index (Phi) is 5.54. The van der Waals surface area contributed by atoms with Gasteiger partial charge in [0.15, 0.2) is 0 Å². The van der Waals surface area contributed by atoms with Crippen LogP contribution in [0, 0.1) is 0 Å². The summed E-state index contributed by atoms with van der Waals surface area (Å²) < 4.78 is 31.0. The van der Waals surface area contributed by atoms with Crippen molar-refractivity contribution in [3.05, 3.63) is 46.7 Å². The summed E-state index contributed by atoms with van der Waals surface area (Å²) in [6.07, 6.45) is 1.51. The average Bonchev–Trinajstić information content (AvgIpc) is 2.87. The molecule has 0 saturated carbocycles. The molecule has 0 saturated heterocycles. The van der Waals surface area contributed by atoms with Crippen LogP contribution in [0.2, 0.25) is 5.02 Å². The Balaban J connectivity index is 2.22. The molecular formula is C15H16ClF2N3O2. The van der Waals surface area contributed by atoms with Gasteiger partial charge in [0.25, 0.3) is 5.91 Å². The van der Waals surface area contributed by atoms with Gasteiger partial charge < -0.3 is 9.64 Å². The van der Waals surface area contributed by atoms with Crippen LogP contribution >= 0.6 is 11.6 Å². The van der Waals surface area contributed by atoms with E-state index in [-0.39, 0.29) is 17.9 Å². The molecule has 2 aromatic rings. The molecule has 2 rings (SSSR count). The fourth-order valence-corrected chi connectivity index (χ4v) is 2.36. The van der Waals surface area contributed by atoms with Gasteiger partial charge in [-0.2, -0.15) is 13.9 Å². The van der Waals surface area contributed by atoms with Gasteiger partial charge in [-0.05, 0) is 19.1 Å². The SMILES string of the molecule is CCn1ncc(Cl)c1CN(C)C(=O)c1ccccc1OC(F)F. The van der Waals surface area contributed by atoms with Gasteiger partial charge in [-0.1, -0.05) is 23.7 Å². The van der Waals surface area contributed by atoms with Gasteiger partial charge in [0.1, 0.15) is 5.75 Å². The molecule has 0 aliphatic carbocycles. The molecule has 1 amide bonds. The van der Waals surface area contributed by atoms with E-state index in [1.807, 2.05) is 6.92 Å². The van der Waals surface area contributed by atoms with Gasteiger partial charge in [-0.3, -0.25) is 9.48 Å². The molecule has 0 unspecified atom stereocenters. The number of para-hydroxylation sites is 1. The summed E-state index contributed by atoms with van der Waals surface area (Å²) in [5.74, 6) is -0.601. The van der Waals surface area contributed by atoms with E-state index in [1.165, 1.54) is 29.3 Å². The van der Waals surface area contributed by atoms with Crippen LogP contribution in [0.5, 0.6) is 5.75 Å². The maximum absolute atomic E-state index is 12.5. The summed E-state index contributed by atoms with van der Waals surface area (Å²) in [6.45, 7) is -0.283. The number of carbonyl (C=O) groups excluding carboxylic acids is 1. The number of halogens is 3. The number of alkyl halides is 2. The molecule has 0 bridgehead atoms. The minimum atomic E-state index is -3.00. The first-order valence-electron chi connectivity index (χ1n) is 6.93. The third kappa shape index (κ3) is 3.98. The maximum atomic E-state index is 12.5. The number of ether oxygens (including phenoxy) is 1. The van der Waals surface area contributed by atoms with Crippen molar-refractivity contribution in [2.75, 3.05) is 7.05 Å². The maximum Gasteiger partial charge on any atom is 0.387 e. The number of hydrogen-bond acceptors (Lipinski definition) is 3. The normalized spacial score (nSPS) is 10.9. The lowest BCUT2D eigenvalue weighted by molar-refractivity contribution is -0.0502. The second-order valence-corrected chi connectivity index (χ2v) is 5.20. The van der Waals surface area contributed by atoms with Crippen molar-refractivity contribution >= 4 is 17.5 Å². The van der Waals surface area contributed by atoms with Crippen LogP contribution in [0.1, 0.15) is 23.0 Å². The molecule has 0 aliphatic heterocycles. The zero-order valence-electron chi connectivity index (χ0n) is 12.7. The molecule has 0 atom stereocenters. The Morgan fingerprint density at radius 3 is 2.78 bits per heavy atom. The summed E-state index contributed by atoms with van der Waals surface area (Å²) in [5.41, 5.74) is 0.742. The molecule has 1 aromatic heterocycles. The summed E-state index contributed by atoms with van der Waals surface area (Å²) in [4.78, 5) is 13.9. The number of carbonyl (C=O) groups is 1. The van der Waals surface area contributed by atoms with E-state index in [4.69, 9.17) is 11.6 Å². The highest BCUT2D eigenvalue weighted by atomic mass is 35.5. The van der Waals surface area contributed by atoms with E-state index < -0.39 is 12.5 Å². The van der Waals surface area contributed by atoms with Crippen molar-refractivity contribution < 1.29 is 18.3 Å². The van der Waals surface area contributed by atoms with Gasteiger partial charge in [0.05, 0.1) is 29.0 Å². The van der Waals surface area contributed by atoms with Crippen molar-refractivity contribution in [2.24, 2.45) is 0 Å². The molecule has 5 nitrogen and oxygen atoms in total. The highest BCUT2D eigenvalue weighted by Crippen LogP contribution is 2.23. The van der Waals surface area contributed by atoms with Crippen LogP contribution in [0.25, 0.3) is 0 Å². The zero-order chi connectivity index (χ0) is 17.0. The number of amides is 1. The van der Waals surface area contributed by atoms with E-state index >= 15 is 0 Å². The van der Waals surface area contributed by atoms with Crippen LogP contribution in [-0.4, -0.2) is 34.2 Å². The molecule has 0 spiro atoms. The molecule has 0 radical (unpaired) electrons. The van der Waals surface area contributed by atoms with E-state index in [2.05, 4.69) is 9.84 Å². The van der Waals surface area contributed by atoms with Gasteiger partial charge in [-0.25, -0.2) is 0 Å². The minimum absolute atomic E-state index is 0.0639. The number of aryl methyl sites for hydroxylation is 1. The highest BCUT2D eigenvalue weighted by molar-refractivity contribution is 6.31. The second kappa shape index (κ2) is 7.41. The second-order valence-electron chi connectivity index (χ2n) is 4.79. The van der Waals surface area contributed by atoms with Crippen molar-refractivity contribution in [1.29, 1.82) is 0 Å². The Hall–Kier alpha value is -2.15. The summed E-state index contributed by atoms with van der Waals surface area (Å²) in [7, 11) is 1.56. The van der Waals surface area contributed by atoms with Crippen molar-refractivity contribution in [3.8, 4) is 5.75 Å². The molecule has 124 valence electrons. The smallest absolute Gasteiger partial charge is 0.387 e. The average molecular weight is 344 g/mol. The minimum Gasteiger partial charge on any atom is -0.434 e. The van der Waals surface area contributed by atoms with Crippen LogP contribution < -0.4 is 4.74 Å². The van der Waals surface area contributed by atoms with Gasteiger partial charge in [-0.15, -0.1) is 0 Å². The summed E-state index contributed by atoms with van der Waals surface area (Å²) in [5, 5.41) is 4.55. The first kappa shape index (κ1) is 17.2. The summed E-state index contributed by atoms with van der Waals surface area (Å²) in [6, 6.07) is 5.88. The largest absolute Gasteiger partial charge is 0.434 e. The number of benzene rings is 1. The summed E-state index contributed by atoms with van der Waals surface area (Å²) >= 11 is 6.07. The molecule has 1 aromatic carbocycles. The van der Waals surface area contributed by atoms with Crippen LogP contribution in [-0.2, 0) is 13.1 Å². The van der Waals surface area contributed by atoms with E-state index in [9.17, 15) is 13.6 Å². The fraction of sp³-hybridized carbons (Fsp3) is 0.333. The Bertz CT molecular complexity index is 691. The van der Waals surface area contributed by atoms with Crippen LogP contribution in [0.4, 0.5) is 8.78 Å². The van der Waals surface area contributed by atoms with Crippen molar-refractivity contribution in [2.45, 2.75) is 26.6 Å². The van der Waals surface area contributed by atoms with Gasteiger partial charge >= 0.3 is 6.61 Å². The Labute approximate surface area is 137 Å². The molecule has 1 heterocycles. The van der Waals surface area contributed by atoms with E-state index in [0.717, 1.165) is 0 Å². The van der Waals surface area contributed by atoms with Crippen molar-refractivity contribution in [3.63, 3.8) is 0 Å². The fourth-order valence-electron chi connectivity index (χ4n) is 2.16. The lowest BCUT2D eigenvalue weighted by Crippen LogP contribution is -2.28. The monoisotopic (exact) mass is 343 g/mol. The van der Waals surface area contributed by atoms with E-state index in [1.54, 1.807) is 17.8 Å². The third-order valence-electron chi connectivity index (χ3n) is 3.26. The zero-order valence-corrected chi connectivity index (χ0v) is 13.4. The topological polar surface area (TPSA) is 47.4 Å². The first-order chi connectivity index (χ1) is 10.9. The Morgan fingerprint density at radius 1 is 1.43 bits per heavy atom. The third-order valence-corrected chi connectivity index (χ3v) is 3.58. The number of hydrogen-bond donors (Lipinski definition) is 0. The Morgan fingerprint density at radius 2 is 2.13 bits per heavy atom. The van der Waals surface area contributed by atoms with Crippen LogP contribution in [0.3, 0.4) is 0 Å².